The van der Waals surface area contributed by atoms with Gasteiger partial charge >= 0.3 is 0 Å². The molecule has 0 bridgehead atoms. The number of carbonyl (C=O) groups excluding carboxylic acids is 1. The molecule has 1 aromatic rings. The Morgan fingerprint density at radius 3 is 2.78 bits per heavy atom. The number of nitrogens with zero attached hydrogens (tertiary/aromatic N) is 1. The maximum atomic E-state index is 11.9. The van der Waals surface area contributed by atoms with Crippen molar-refractivity contribution in [2.24, 2.45) is 5.73 Å². The Hall–Kier alpha value is -1.39. The van der Waals surface area contributed by atoms with E-state index in [9.17, 15) is 4.79 Å². The quantitative estimate of drug-likeness (QED) is 0.834. The zero-order valence-corrected chi connectivity index (χ0v) is 11.3. The predicted octanol–water partition coefficient (Wildman–Crippen LogP) is 0.989. The number of nitrogens with one attached hydrogen (secondary N) is 1. The van der Waals surface area contributed by atoms with Crippen molar-refractivity contribution in [2.75, 3.05) is 25.2 Å². The van der Waals surface area contributed by atoms with E-state index < -0.39 is 0 Å². The van der Waals surface area contributed by atoms with Crippen molar-refractivity contribution in [3.8, 4) is 0 Å². The average Bonchev–Trinajstić information content (AvgIpc) is 2.66. The third kappa shape index (κ3) is 2.13. The molecule has 0 saturated heterocycles. The van der Waals surface area contributed by atoms with Crippen LogP contribution in [0.3, 0.4) is 0 Å². The minimum absolute atomic E-state index is 0.0471. The average molecular weight is 247 g/mol. The molecule has 2 rings (SSSR count). The van der Waals surface area contributed by atoms with Crippen LogP contribution < -0.4 is 16.0 Å². The molecule has 4 heteroatoms. The molecule has 98 valence electrons. The minimum Gasteiger partial charge on any atom is -0.330 e. The van der Waals surface area contributed by atoms with Crippen LogP contribution >= 0.6 is 0 Å². The monoisotopic (exact) mass is 247 g/mol. The van der Waals surface area contributed by atoms with Crippen LogP contribution in [-0.4, -0.2) is 26.2 Å². The largest absolute Gasteiger partial charge is 0.330 e. The van der Waals surface area contributed by atoms with Crippen molar-refractivity contribution >= 4 is 11.6 Å². The highest BCUT2D eigenvalue weighted by molar-refractivity contribution is 6.01. The highest BCUT2D eigenvalue weighted by Gasteiger charge is 2.28. The molecule has 0 spiro atoms. The topological polar surface area (TPSA) is 58.4 Å². The zero-order chi connectivity index (χ0) is 13.3. The Morgan fingerprint density at radius 2 is 2.17 bits per heavy atom. The second-order valence-electron chi connectivity index (χ2n) is 5.44. The molecule has 1 aliphatic heterocycles. The molecular formula is C14H21N3O. The Balaban J connectivity index is 2.36. The zero-order valence-electron chi connectivity index (χ0n) is 11.3. The molecule has 0 radical (unpaired) electrons. The van der Waals surface area contributed by atoms with Crippen LogP contribution in [0, 0.1) is 0 Å². The van der Waals surface area contributed by atoms with Gasteiger partial charge in [-0.25, -0.2) is 0 Å². The highest BCUT2D eigenvalue weighted by atomic mass is 16.2. The molecule has 18 heavy (non-hydrogen) atoms. The summed E-state index contributed by atoms with van der Waals surface area (Å²) < 4.78 is 0. The van der Waals surface area contributed by atoms with E-state index >= 15 is 0 Å². The number of hydrogen-bond acceptors (Lipinski definition) is 3. The predicted molar refractivity (Wildman–Crippen MR) is 73.6 cm³/mol. The summed E-state index contributed by atoms with van der Waals surface area (Å²) in [4.78, 5) is 13.7. The van der Waals surface area contributed by atoms with Gasteiger partial charge in [0.1, 0.15) is 0 Å². The van der Waals surface area contributed by atoms with Gasteiger partial charge < -0.3 is 11.1 Å². The molecule has 1 aliphatic rings. The third-order valence-corrected chi connectivity index (χ3v) is 3.62. The maximum absolute atomic E-state index is 11.9. The van der Waals surface area contributed by atoms with Gasteiger partial charge in [-0.15, -0.1) is 0 Å². The van der Waals surface area contributed by atoms with Crippen molar-refractivity contribution < 1.29 is 4.79 Å². The summed E-state index contributed by atoms with van der Waals surface area (Å²) >= 11 is 0. The van der Waals surface area contributed by atoms with Gasteiger partial charge in [0, 0.05) is 17.6 Å². The van der Waals surface area contributed by atoms with E-state index in [0.29, 0.717) is 19.6 Å². The fraction of sp³-hybridized carbons (Fsp3) is 0.500. The minimum atomic E-state index is -0.0471. The van der Waals surface area contributed by atoms with Gasteiger partial charge in [-0.3, -0.25) is 9.69 Å². The Bertz CT molecular complexity index is 468. The Kier molecular flexibility index (Phi) is 3.41. The molecule has 3 N–H and O–H groups in total. The molecule has 0 saturated carbocycles. The van der Waals surface area contributed by atoms with E-state index in [0.717, 1.165) is 11.3 Å². The summed E-state index contributed by atoms with van der Waals surface area (Å²) in [6.45, 7) is 5.40. The van der Waals surface area contributed by atoms with Gasteiger partial charge in [0.05, 0.1) is 13.1 Å². The fourth-order valence-corrected chi connectivity index (χ4v) is 2.25. The molecule has 1 aromatic carbocycles. The van der Waals surface area contributed by atoms with Crippen LogP contribution in [0.15, 0.2) is 18.2 Å². The number of nitrogens with two attached hydrogens (primary N) is 1. The van der Waals surface area contributed by atoms with Crippen molar-refractivity contribution in [3.63, 3.8) is 0 Å². The van der Waals surface area contributed by atoms with Gasteiger partial charge in [0.25, 0.3) is 0 Å². The molecule has 1 amide bonds. The summed E-state index contributed by atoms with van der Waals surface area (Å²) in [5.41, 5.74) is 9.07. The summed E-state index contributed by atoms with van der Waals surface area (Å²) in [5, 5.41) is 3.02. The Labute approximate surface area is 108 Å². The molecule has 1 heterocycles. The number of anilines is 1. The molecule has 0 aromatic heterocycles. The Morgan fingerprint density at radius 1 is 1.44 bits per heavy atom. The van der Waals surface area contributed by atoms with Crippen LogP contribution in [0.1, 0.15) is 25.0 Å². The van der Waals surface area contributed by atoms with Crippen molar-refractivity contribution in [1.29, 1.82) is 0 Å². The van der Waals surface area contributed by atoms with E-state index in [4.69, 9.17) is 5.73 Å². The first-order valence-corrected chi connectivity index (χ1v) is 6.28. The molecule has 0 aliphatic carbocycles. The second-order valence-corrected chi connectivity index (χ2v) is 5.44. The van der Waals surface area contributed by atoms with Crippen LogP contribution in [0.25, 0.3) is 0 Å². The van der Waals surface area contributed by atoms with E-state index in [1.54, 1.807) is 4.90 Å². The smallest absolute Gasteiger partial charge is 0.232 e. The number of carbonyl (C=O) groups is 1. The van der Waals surface area contributed by atoms with Crippen LogP contribution in [0.5, 0.6) is 0 Å². The van der Waals surface area contributed by atoms with Crippen LogP contribution in [-0.2, 0) is 16.6 Å². The summed E-state index contributed by atoms with van der Waals surface area (Å²) in [6, 6.07) is 6.23. The van der Waals surface area contributed by atoms with Gasteiger partial charge in [-0.05, 0) is 24.2 Å². The fourth-order valence-electron chi connectivity index (χ4n) is 2.25. The summed E-state index contributed by atoms with van der Waals surface area (Å²) in [5.74, 6) is 0.155. The summed E-state index contributed by atoms with van der Waals surface area (Å²) in [6.07, 6.45) is 0.492. The molecule has 4 nitrogen and oxygen atoms in total. The lowest BCUT2D eigenvalue weighted by atomic mass is 9.84. The van der Waals surface area contributed by atoms with Gasteiger partial charge in [-0.2, -0.15) is 0 Å². The SMILES string of the molecule is CNCN1C(=O)Cc2cc(C(C)(C)CN)ccc21. The number of hydrogen-bond donors (Lipinski definition) is 2. The standard InChI is InChI=1S/C14H21N3O/c1-14(2,8-15)11-4-5-12-10(6-11)7-13(18)17(12)9-16-3/h4-6,16H,7-9,15H2,1-3H3. The lowest BCUT2D eigenvalue weighted by molar-refractivity contribution is -0.117. The van der Waals surface area contributed by atoms with Gasteiger partial charge in [0.2, 0.25) is 5.91 Å². The number of benzene rings is 1. The maximum Gasteiger partial charge on any atom is 0.232 e. The summed E-state index contributed by atoms with van der Waals surface area (Å²) in [7, 11) is 1.84. The van der Waals surface area contributed by atoms with Gasteiger partial charge in [-0.1, -0.05) is 26.0 Å². The van der Waals surface area contributed by atoms with E-state index in [-0.39, 0.29) is 11.3 Å². The number of amides is 1. The number of fused-ring (bicyclic) bond motifs is 1. The van der Waals surface area contributed by atoms with Crippen molar-refractivity contribution in [1.82, 2.24) is 5.32 Å². The van der Waals surface area contributed by atoms with Crippen LogP contribution in [0.4, 0.5) is 5.69 Å². The normalized spacial score (nSPS) is 15.1. The molecular weight excluding hydrogens is 226 g/mol. The van der Waals surface area contributed by atoms with E-state index in [1.165, 1.54) is 5.56 Å². The van der Waals surface area contributed by atoms with Gasteiger partial charge in [0.15, 0.2) is 0 Å². The third-order valence-electron chi connectivity index (χ3n) is 3.62. The lowest BCUT2D eigenvalue weighted by Crippen LogP contribution is -2.34. The first-order valence-electron chi connectivity index (χ1n) is 6.28. The number of rotatable bonds is 4. The molecule has 0 unspecified atom stereocenters. The second kappa shape index (κ2) is 4.71. The van der Waals surface area contributed by atoms with Crippen molar-refractivity contribution in [2.45, 2.75) is 25.7 Å². The highest BCUT2D eigenvalue weighted by Crippen LogP contribution is 2.32. The van der Waals surface area contributed by atoms with Crippen LogP contribution in [0.2, 0.25) is 0 Å². The first-order chi connectivity index (χ1) is 8.49. The van der Waals surface area contributed by atoms with E-state index in [2.05, 4.69) is 31.3 Å². The van der Waals surface area contributed by atoms with Crippen molar-refractivity contribution in [3.05, 3.63) is 29.3 Å². The molecule has 0 atom stereocenters. The lowest BCUT2D eigenvalue weighted by Gasteiger charge is -2.24. The molecule has 0 fully saturated rings. The van der Waals surface area contributed by atoms with E-state index in [1.807, 2.05) is 13.1 Å². The first kappa shape index (κ1) is 13.1.